The Labute approximate surface area is 102 Å². The first-order chi connectivity index (χ1) is 7.47. The standard InChI is InChI=1S/C10H19ClO4S/c1-14-6-7-15-8-10(4-2-3-5-10)9-16(11,12)13/h2-9H2,1H3. The summed E-state index contributed by atoms with van der Waals surface area (Å²) in [7, 11) is 3.50. The summed E-state index contributed by atoms with van der Waals surface area (Å²) in [6.45, 7) is 1.49. The third-order valence-corrected chi connectivity index (χ3v) is 4.27. The van der Waals surface area contributed by atoms with Crippen molar-refractivity contribution in [1.29, 1.82) is 0 Å². The molecule has 0 atom stereocenters. The van der Waals surface area contributed by atoms with E-state index in [2.05, 4.69) is 0 Å². The Morgan fingerprint density at radius 2 is 1.88 bits per heavy atom. The molecular formula is C10H19ClO4S. The van der Waals surface area contributed by atoms with Crippen LogP contribution in [0.25, 0.3) is 0 Å². The summed E-state index contributed by atoms with van der Waals surface area (Å²) >= 11 is 0. The van der Waals surface area contributed by atoms with Gasteiger partial charge < -0.3 is 9.47 Å². The zero-order valence-corrected chi connectivity index (χ0v) is 11.1. The molecule has 0 heterocycles. The SMILES string of the molecule is COCCOCC1(CS(=O)(=O)Cl)CCCC1. The van der Waals surface area contributed by atoms with Gasteiger partial charge in [0.2, 0.25) is 9.05 Å². The van der Waals surface area contributed by atoms with Gasteiger partial charge in [-0.25, -0.2) is 8.42 Å². The molecule has 0 bridgehead atoms. The molecule has 1 aliphatic rings. The molecule has 0 aromatic heterocycles. The van der Waals surface area contributed by atoms with Crippen LogP contribution in [0.15, 0.2) is 0 Å². The molecule has 0 saturated heterocycles. The quantitative estimate of drug-likeness (QED) is 0.523. The number of halogens is 1. The fourth-order valence-electron chi connectivity index (χ4n) is 2.25. The van der Waals surface area contributed by atoms with Gasteiger partial charge in [-0.05, 0) is 12.8 Å². The second-order valence-electron chi connectivity index (χ2n) is 4.44. The molecule has 0 N–H and O–H groups in total. The van der Waals surface area contributed by atoms with E-state index >= 15 is 0 Å². The highest BCUT2D eigenvalue weighted by molar-refractivity contribution is 8.13. The zero-order chi connectivity index (χ0) is 12.1. The van der Waals surface area contributed by atoms with Gasteiger partial charge in [0, 0.05) is 23.2 Å². The fraction of sp³-hybridized carbons (Fsp3) is 1.00. The molecule has 0 spiro atoms. The Balaban J connectivity index is 2.46. The molecule has 1 rings (SSSR count). The normalized spacial score (nSPS) is 20.1. The molecular weight excluding hydrogens is 252 g/mol. The monoisotopic (exact) mass is 270 g/mol. The van der Waals surface area contributed by atoms with E-state index in [0.29, 0.717) is 19.8 Å². The van der Waals surface area contributed by atoms with Crippen molar-refractivity contribution in [1.82, 2.24) is 0 Å². The molecule has 0 aromatic rings. The summed E-state index contributed by atoms with van der Waals surface area (Å²) in [5, 5.41) is 0. The van der Waals surface area contributed by atoms with Crippen molar-refractivity contribution in [2.75, 3.05) is 32.7 Å². The lowest BCUT2D eigenvalue weighted by Crippen LogP contribution is -2.31. The van der Waals surface area contributed by atoms with Crippen molar-refractivity contribution in [3.8, 4) is 0 Å². The van der Waals surface area contributed by atoms with Gasteiger partial charge in [0.25, 0.3) is 0 Å². The van der Waals surface area contributed by atoms with Crippen molar-refractivity contribution in [2.45, 2.75) is 25.7 Å². The summed E-state index contributed by atoms with van der Waals surface area (Å²) in [6.07, 6.45) is 3.87. The third kappa shape index (κ3) is 4.99. The van der Waals surface area contributed by atoms with Crippen LogP contribution in [0.3, 0.4) is 0 Å². The lowest BCUT2D eigenvalue weighted by Gasteiger charge is -2.27. The van der Waals surface area contributed by atoms with Crippen LogP contribution in [0.1, 0.15) is 25.7 Å². The Bertz CT molecular complexity index is 296. The van der Waals surface area contributed by atoms with E-state index in [1.54, 1.807) is 7.11 Å². The van der Waals surface area contributed by atoms with Crippen LogP contribution in [0.2, 0.25) is 0 Å². The number of ether oxygens (including phenoxy) is 2. The molecule has 0 radical (unpaired) electrons. The minimum absolute atomic E-state index is 0.0224. The first-order valence-corrected chi connectivity index (χ1v) is 7.94. The fourth-order valence-corrected chi connectivity index (χ4v) is 4.05. The van der Waals surface area contributed by atoms with Crippen molar-refractivity contribution in [2.24, 2.45) is 5.41 Å². The third-order valence-electron chi connectivity index (χ3n) is 2.98. The Morgan fingerprint density at radius 3 is 2.38 bits per heavy atom. The molecule has 1 saturated carbocycles. The summed E-state index contributed by atoms with van der Waals surface area (Å²) in [6, 6.07) is 0. The second kappa shape index (κ2) is 6.19. The van der Waals surface area contributed by atoms with Crippen LogP contribution in [-0.4, -0.2) is 41.1 Å². The highest BCUT2D eigenvalue weighted by atomic mass is 35.7. The van der Waals surface area contributed by atoms with E-state index in [0.717, 1.165) is 25.7 Å². The topological polar surface area (TPSA) is 52.6 Å². The molecule has 16 heavy (non-hydrogen) atoms. The Kier molecular flexibility index (Phi) is 5.50. The maximum Gasteiger partial charge on any atom is 0.233 e. The van der Waals surface area contributed by atoms with Gasteiger partial charge in [-0.2, -0.15) is 0 Å². The predicted molar refractivity (Wildman–Crippen MR) is 63.2 cm³/mol. The number of methoxy groups -OCH3 is 1. The molecule has 1 aliphatic carbocycles. The van der Waals surface area contributed by atoms with E-state index in [1.807, 2.05) is 0 Å². The highest BCUT2D eigenvalue weighted by Gasteiger charge is 2.37. The Hall–Kier alpha value is 0.160. The molecule has 0 aromatic carbocycles. The highest BCUT2D eigenvalue weighted by Crippen LogP contribution is 2.40. The number of rotatable bonds is 7. The smallest absolute Gasteiger partial charge is 0.233 e. The molecule has 4 nitrogen and oxygen atoms in total. The van der Waals surface area contributed by atoms with Crippen molar-refractivity contribution < 1.29 is 17.9 Å². The lowest BCUT2D eigenvalue weighted by molar-refractivity contribution is 0.0252. The number of hydrogen-bond donors (Lipinski definition) is 0. The van der Waals surface area contributed by atoms with Gasteiger partial charge in [0.1, 0.15) is 0 Å². The summed E-state index contributed by atoms with van der Waals surface area (Å²) in [5.41, 5.74) is -0.270. The molecule has 0 unspecified atom stereocenters. The van der Waals surface area contributed by atoms with Gasteiger partial charge in [0.15, 0.2) is 0 Å². The Morgan fingerprint density at radius 1 is 1.25 bits per heavy atom. The summed E-state index contributed by atoms with van der Waals surface area (Å²) in [5.74, 6) is 0.0224. The van der Waals surface area contributed by atoms with Crippen molar-refractivity contribution in [3.05, 3.63) is 0 Å². The minimum Gasteiger partial charge on any atom is -0.382 e. The maximum absolute atomic E-state index is 11.2. The first-order valence-electron chi connectivity index (χ1n) is 5.46. The average molecular weight is 271 g/mol. The molecule has 0 aliphatic heterocycles. The molecule has 1 fully saturated rings. The summed E-state index contributed by atoms with van der Waals surface area (Å²) < 4.78 is 32.7. The van der Waals surface area contributed by atoms with E-state index in [9.17, 15) is 8.42 Å². The maximum atomic E-state index is 11.2. The molecule has 0 amide bonds. The van der Waals surface area contributed by atoms with Crippen LogP contribution in [0, 0.1) is 5.41 Å². The van der Waals surface area contributed by atoms with Crippen LogP contribution in [0.5, 0.6) is 0 Å². The van der Waals surface area contributed by atoms with E-state index in [-0.39, 0.29) is 11.2 Å². The first kappa shape index (κ1) is 14.2. The number of hydrogen-bond acceptors (Lipinski definition) is 4. The largest absolute Gasteiger partial charge is 0.382 e. The van der Waals surface area contributed by atoms with E-state index < -0.39 is 9.05 Å². The molecule has 96 valence electrons. The molecule has 6 heteroatoms. The van der Waals surface area contributed by atoms with Gasteiger partial charge in [0.05, 0.1) is 25.6 Å². The zero-order valence-electron chi connectivity index (χ0n) is 9.58. The second-order valence-corrected chi connectivity index (χ2v) is 7.21. The average Bonchev–Trinajstić information content (AvgIpc) is 2.59. The van der Waals surface area contributed by atoms with Crippen molar-refractivity contribution >= 4 is 19.7 Å². The lowest BCUT2D eigenvalue weighted by atomic mass is 9.90. The van der Waals surface area contributed by atoms with Crippen LogP contribution < -0.4 is 0 Å². The van der Waals surface area contributed by atoms with E-state index in [1.165, 1.54) is 0 Å². The van der Waals surface area contributed by atoms with Crippen LogP contribution in [0.4, 0.5) is 0 Å². The van der Waals surface area contributed by atoms with Crippen LogP contribution >= 0.6 is 10.7 Å². The predicted octanol–water partition coefficient (Wildman–Crippen LogP) is 1.78. The van der Waals surface area contributed by atoms with Crippen molar-refractivity contribution in [3.63, 3.8) is 0 Å². The van der Waals surface area contributed by atoms with Gasteiger partial charge >= 0.3 is 0 Å². The summed E-state index contributed by atoms with van der Waals surface area (Å²) in [4.78, 5) is 0. The van der Waals surface area contributed by atoms with Gasteiger partial charge in [-0.15, -0.1) is 0 Å². The van der Waals surface area contributed by atoms with Crippen LogP contribution in [-0.2, 0) is 18.5 Å². The van der Waals surface area contributed by atoms with E-state index in [4.69, 9.17) is 20.2 Å². The van der Waals surface area contributed by atoms with Gasteiger partial charge in [-0.3, -0.25) is 0 Å². The minimum atomic E-state index is -3.45. The van der Waals surface area contributed by atoms with Gasteiger partial charge in [-0.1, -0.05) is 12.8 Å².